The van der Waals surface area contributed by atoms with Crippen LogP contribution in [0.25, 0.3) is 11.3 Å². The zero-order valence-corrected chi connectivity index (χ0v) is 14.9. The van der Waals surface area contributed by atoms with Crippen molar-refractivity contribution in [3.8, 4) is 11.3 Å². The maximum absolute atomic E-state index is 13.0. The Bertz CT molecular complexity index is 795. The number of carbonyl (C=O) groups is 2. The van der Waals surface area contributed by atoms with Crippen molar-refractivity contribution in [1.29, 1.82) is 0 Å². The fourth-order valence-corrected chi connectivity index (χ4v) is 3.40. The van der Waals surface area contributed by atoms with Crippen molar-refractivity contribution >= 4 is 11.9 Å². The highest BCUT2D eigenvalue weighted by Gasteiger charge is 2.50. The molecular weight excluding hydrogens is 337 g/mol. The first kappa shape index (κ1) is 18.1. The van der Waals surface area contributed by atoms with Crippen LogP contribution >= 0.6 is 0 Å². The maximum atomic E-state index is 13.0. The Labute approximate surface area is 151 Å². The summed E-state index contributed by atoms with van der Waals surface area (Å²) >= 11 is 0. The number of hydrogen-bond donors (Lipinski definition) is 1. The quantitative estimate of drug-likeness (QED) is 0.762. The summed E-state index contributed by atoms with van der Waals surface area (Å²) in [6, 6.07) is 5.41. The number of rotatable bonds is 7. The van der Waals surface area contributed by atoms with Gasteiger partial charge in [-0.25, -0.2) is 14.2 Å². The highest BCUT2D eigenvalue weighted by Crippen LogP contribution is 2.29. The predicted molar refractivity (Wildman–Crippen MR) is 93.5 cm³/mol. The molecule has 1 N–H and O–H groups in total. The van der Waals surface area contributed by atoms with Gasteiger partial charge in [-0.05, 0) is 37.1 Å². The van der Waals surface area contributed by atoms with E-state index in [1.54, 1.807) is 12.1 Å². The van der Waals surface area contributed by atoms with E-state index in [1.165, 1.54) is 18.3 Å². The summed E-state index contributed by atoms with van der Waals surface area (Å²) in [4.78, 5) is 30.5. The second kappa shape index (κ2) is 7.27. The molecule has 0 spiro atoms. The number of imide groups is 1. The standard InChI is InChI=1S/C19H22FN3O3/c1-3-9-19(10-4-2)17(24)23(18(25)22-19)12-16-21-11-15(26-16)13-5-7-14(20)8-6-13/h5-8,11H,3-4,9-10,12H2,1-2H3,(H,22,25). The van der Waals surface area contributed by atoms with Crippen LogP contribution in [0, 0.1) is 5.82 Å². The van der Waals surface area contributed by atoms with Gasteiger partial charge in [0.1, 0.15) is 17.9 Å². The van der Waals surface area contributed by atoms with Crippen molar-refractivity contribution in [2.24, 2.45) is 0 Å². The summed E-state index contributed by atoms with van der Waals surface area (Å²) in [5, 5.41) is 2.86. The monoisotopic (exact) mass is 359 g/mol. The van der Waals surface area contributed by atoms with Gasteiger partial charge in [-0.15, -0.1) is 0 Å². The predicted octanol–water partition coefficient (Wildman–Crippen LogP) is 3.87. The number of oxazole rings is 1. The molecule has 0 bridgehead atoms. The van der Waals surface area contributed by atoms with Crippen LogP contribution in [-0.2, 0) is 11.3 Å². The fraction of sp³-hybridized carbons (Fsp3) is 0.421. The zero-order chi connectivity index (χ0) is 18.7. The van der Waals surface area contributed by atoms with E-state index in [0.29, 0.717) is 24.2 Å². The van der Waals surface area contributed by atoms with Gasteiger partial charge in [0.2, 0.25) is 5.89 Å². The number of nitrogens with zero attached hydrogens (tertiary/aromatic N) is 2. The molecule has 7 heteroatoms. The molecule has 1 fully saturated rings. The zero-order valence-electron chi connectivity index (χ0n) is 14.9. The number of urea groups is 1. The van der Waals surface area contributed by atoms with Crippen LogP contribution in [-0.4, -0.2) is 27.4 Å². The smallest absolute Gasteiger partial charge is 0.325 e. The molecular formula is C19H22FN3O3. The minimum absolute atomic E-state index is 0.0267. The Morgan fingerprint density at radius 3 is 2.42 bits per heavy atom. The second-order valence-corrected chi connectivity index (χ2v) is 6.53. The molecule has 1 aromatic heterocycles. The number of amides is 3. The van der Waals surface area contributed by atoms with Gasteiger partial charge in [-0.3, -0.25) is 9.69 Å². The molecule has 0 radical (unpaired) electrons. The van der Waals surface area contributed by atoms with Crippen LogP contribution in [0.2, 0.25) is 0 Å². The van der Waals surface area contributed by atoms with Gasteiger partial charge in [0.25, 0.3) is 5.91 Å². The number of carbonyl (C=O) groups excluding carboxylic acids is 2. The summed E-state index contributed by atoms with van der Waals surface area (Å²) < 4.78 is 18.7. The molecule has 1 saturated heterocycles. The number of aromatic nitrogens is 1. The second-order valence-electron chi connectivity index (χ2n) is 6.53. The third kappa shape index (κ3) is 3.34. The largest absolute Gasteiger partial charge is 0.439 e. The molecule has 26 heavy (non-hydrogen) atoms. The Hall–Kier alpha value is -2.70. The third-order valence-corrected chi connectivity index (χ3v) is 4.58. The summed E-state index contributed by atoms with van der Waals surface area (Å²) in [5.74, 6) is 0.154. The maximum Gasteiger partial charge on any atom is 0.325 e. The van der Waals surface area contributed by atoms with Crippen molar-refractivity contribution in [3.05, 3.63) is 42.2 Å². The van der Waals surface area contributed by atoms with E-state index in [-0.39, 0.29) is 24.2 Å². The van der Waals surface area contributed by atoms with E-state index < -0.39 is 11.6 Å². The summed E-state index contributed by atoms with van der Waals surface area (Å²) in [6.07, 6.45) is 4.32. The fourth-order valence-electron chi connectivity index (χ4n) is 3.40. The third-order valence-electron chi connectivity index (χ3n) is 4.58. The Morgan fingerprint density at radius 1 is 1.15 bits per heavy atom. The molecule has 0 aliphatic carbocycles. The minimum atomic E-state index is -0.826. The number of benzene rings is 1. The molecule has 6 nitrogen and oxygen atoms in total. The van der Waals surface area contributed by atoms with Gasteiger partial charge >= 0.3 is 6.03 Å². The Kier molecular flexibility index (Phi) is 5.06. The normalized spacial score (nSPS) is 16.2. The minimum Gasteiger partial charge on any atom is -0.439 e. The lowest BCUT2D eigenvalue weighted by Crippen LogP contribution is -2.46. The number of hydrogen-bond acceptors (Lipinski definition) is 4. The van der Waals surface area contributed by atoms with Crippen LogP contribution < -0.4 is 5.32 Å². The highest BCUT2D eigenvalue weighted by atomic mass is 19.1. The van der Waals surface area contributed by atoms with Gasteiger partial charge < -0.3 is 9.73 Å². The van der Waals surface area contributed by atoms with Gasteiger partial charge in [-0.2, -0.15) is 0 Å². The Morgan fingerprint density at radius 2 is 1.81 bits per heavy atom. The van der Waals surface area contributed by atoms with Crippen molar-refractivity contribution in [1.82, 2.24) is 15.2 Å². The van der Waals surface area contributed by atoms with Crippen LogP contribution in [0.1, 0.15) is 45.4 Å². The van der Waals surface area contributed by atoms with E-state index in [2.05, 4.69) is 10.3 Å². The molecule has 2 heterocycles. The van der Waals surface area contributed by atoms with Crippen LogP contribution in [0.15, 0.2) is 34.9 Å². The molecule has 1 aromatic carbocycles. The highest BCUT2D eigenvalue weighted by molar-refractivity contribution is 6.06. The number of nitrogens with one attached hydrogen (secondary N) is 1. The van der Waals surface area contributed by atoms with Crippen LogP contribution in [0.3, 0.4) is 0 Å². The van der Waals surface area contributed by atoms with E-state index in [9.17, 15) is 14.0 Å². The summed E-state index contributed by atoms with van der Waals surface area (Å²) in [7, 11) is 0. The van der Waals surface area contributed by atoms with Gasteiger partial charge in [0.15, 0.2) is 5.76 Å². The van der Waals surface area contributed by atoms with Crippen molar-refractivity contribution in [2.45, 2.75) is 51.6 Å². The van der Waals surface area contributed by atoms with Crippen molar-refractivity contribution < 1.29 is 18.4 Å². The molecule has 3 rings (SSSR count). The lowest BCUT2D eigenvalue weighted by Gasteiger charge is -2.25. The molecule has 3 amide bonds. The first-order chi connectivity index (χ1) is 12.5. The van der Waals surface area contributed by atoms with Crippen LogP contribution in [0.5, 0.6) is 0 Å². The van der Waals surface area contributed by atoms with Crippen molar-refractivity contribution in [2.75, 3.05) is 0 Å². The van der Waals surface area contributed by atoms with Crippen molar-refractivity contribution in [3.63, 3.8) is 0 Å². The van der Waals surface area contributed by atoms with E-state index in [0.717, 1.165) is 17.7 Å². The van der Waals surface area contributed by atoms with Crippen LogP contribution in [0.4, 0.5) is 9.18 Å². The van der Waals surface area contributed by atoms with E-state index in [4.69, 9.17) is 4.42 Å². The summed E-state index contributed by atoms with van der Waals surface area (Å²) in [5.41, 5.74) is -0.152. The topological polar surface area (TPSA) is 75.4 Å². The van der Waals surface area contributed by atoms with E-state index in [1.807, 2.05) is 13.8 Å². The lowest BCUT2D eigenvalue weighted by molar-refractivity contribution is -0.132. The van der Waals surface area contributed by atoms with Gasteiger partial charge in [0.05, 0.1) is 6.20 Å². The van der Waals surface area contributed by atoms with Gasteiger partial charge in [0, 0.05) is 5.56 Å². The number of halogens is 1. The molecule has 2 aromatic rings. The molecule has 0 unspecified atom stereocenters. The summed E-state index contributed by atoms with van der Waals surface area (Å²) in [6.45, 7) is 3.95. The molecule has 1 aliphatic heterocycles. The first-order valence-corrected chi connectivity index (χ1v) is 8.84. The lowest BCUT2D eigenvalue weighted by atomic mass is 9.88. The molecule has 0 saturated carbocycles. The molecule has 138 valence electrons. The average Bonchev–Trinajstić information content (AvgIpc) is 3.16. The molecule has 0 atom stereocenters. The first-order valence-electron chi connectivity index (χ1n) is 8.84. The Balaban J connectivity index is 1.77. The van der Waals surface area contributed by atoms with E-state index >= 15 is 0 Å². The molecule has 1 aliphatic rings. The average molecular weight is 359 g/mol. The SMILES string of the molecule is CCCC1(CCC)NC(=O)N(Cc2ncc(-c3ccc(F)cc3)o2)C1=O. The van der Waals surface area contributed by atoms with Gasteiger partial charge in [-0.1, -0.05) is 26.7 Å².